The van der Waals surface area contributed by atoms with E-state index in [1.54, 1.807) is 36.4 Å². The molecule has 0 bridgehead atoms. The molecule has 1 heterocycles. The second-order valence-electron chi connectivity index (χ2n) is 4.88. The summed E-state index contributed by atoms with van der Waals surface area (Å²) in [6.45, 7) is 9.10. The number of phenols is 1. The Morgan fingerprint density at radius 1 is 1.05 bits per heavy atom. The van der Waals surface area contributed by atoms with Gasteiger partial charge >= 0.3 is 0 Å². The van der Waals surface area contributed by atoms with Crippen LogP contribution < -0.4 is 4.74 Å². The zero-order chi connectivity index (χ0) is 15.5. The Morgan fingerprint density at radius 3 is 2.50 bits per heavy atom. The van der Waals surface area contributed by atoms with Gasteiger partial charge in [0.2, 0.25) is 5.69 Å². The molecule has 0 atom stereocenters. The molecular weight excluding hydrogens is 276 g/mol. The van der Waals surface area contributed by atoms with Gasteiger partial charge in [-0.25, -0.2) is 4.85 Å². The summed E-state index contributed by atoms with van der Waals surface area (Å²) in [4.78, 5) is 3.42. The van der Waals surface area contributed by atoms with Crippen molar-refractivity contribution < 1.29 is 9.84 Å². The van der Waals surface area contributed by atoms with E-state index >= 15 is 0 Å². The fraction of sp³-hybridized carbons (Fsp3) is 0.0556. The predicted molar refractivity (Wildman–Crippen MR) is 84.9 cm³/mol. The maximum Gasteiger partial charge on any atom is 0.228 e. The van der Waals surface area contributed by atoms with Crippen molar-refractivity contribution in [3.8, 4) is 22.9 Å². The number of phenolic OH excluding ortho intramolecular Hbond substituents is 1. The molecule has 0 fully saturated rings. The molecule has 0 aliphatic heterocycles. The molecule has 0 unspecified atom stereocenters. The van der Waals surface area contributed by atoms with Gasteiger partial charge in [0.15, 0.2) is 11.5 Å². The Balaban J connectivity index is 2.04. The van der Waals surface area contributed by atoms with Gasteiger partial charge in [-0.1, -0.05) is 18.2 Å². The molecule has 3 rings (SSSR count). The molecule has 4 nitrogen and oxygen atoms in total. The quantitative estimate of drug-likeness (QED) is 0.701. The van der Waals surface area contributed by atoms with Crippen molar-refractivity contribution in [2.24, 2.45) is 0 Å². The number of ether oxygens (including phenoxy) is 1. The van der Waals surface area contributed by atoms with Gasteiger partial charge in [-0.3, -0.25) is 0 Å². The lowest BCUT2D eigenvalue weighted by molar-refractivity contribution is 0.412. The smallest absolute Gasteiger partial charge is 0.228 e. The summed E-state index contributed by atoms with van der Waals surface area (Å²) in [5, 5.41) is 10.1. The molecule has 0 amide bonds. The van der Waals surface area contributed by atoms with Gasteiger partial charge in [-0.2, -0.15) is 0 Å². The average Bonchev–Trinajstić information content (AvgIpc) is 3.04. The Hall–Kier alpha value is -3.19. The summed E-state index contributed by atoms with van der Waals surface area (Å²) in [5.41, 5.74) is 2.25. The summed E-state index contributed by atoms with van der Waals surface area (Å²) in [7, 11) is 0. The number of para-hydroxylation sites is 2. The standard InChI is InChI=1S/C18H14N2O2/c1-13-11-16(21)18(12-15(13)20-9-5-6-10-20)22-17-8-4-3-7-14(17)19-2/h3-12,21H,1H3. The molecule has 0 aliphatic carbocycles. The van der Waals surface area contributed by atoms with E-state index in [0.29, 0.717) is 17.2 Å². The first kappa shape index (κ1) is 13.8. The van der Waals surface area contributed by atoms with E-state index in [2.05, 4.69) is 4.85 Å². The van der Waals surface area contributed by atoms with Crippen LogP contribution in [0.15, 0.2) is 60.9 Å². The highest BCUT2D eigenvalue weighted by molar-refractivity contribution is 5.61. The third-order valence-corrected chi connectivity index (χ3v) is 3.37. The summed E-state index contributed by atoms with van der Waals surface area (Å²) >= 11 is 0. The second-order valence-corrected chi connectivity index (χ2v) is 4.88. The van der Waals surface area contributed by atoms with Gasteiger partial charge in [0, 0.05) is 18.5 Å². The zero-order valence-electron chi connectivity index (χ0n) is 12.0. The third kappa shape index (κ3) is 2.52. The first-order valence-electron chi connectivity index (χ1n) is 6.80. The molecule has 108 valence electrons. The van der Waals surface area contributed by atoms with Crippen LogP contribution in [0.3, 0.4) is 0 Å². The van der Waals surface area contributed by atoms with Crippen molar-refractivity contribution in [3.63, 3.8) is 0 Å². The zero-order valence-corrected chi connectivity index (χ0v) is 12.0. The summed E-state index contributed by atoms with van der Waals surface area (Å²) in [6, 6.07) is 14.3. The molecule has 0 saturated heterocycles. The largest absolute Gasteiger partial charge is 0.504 e. The van der Waals surface area contributed by atoms with Crippen LogP contribution in [0.1, 0.15) is 5.56 Å². The minimum atomic E-state index is 0.0492. The van der Waals surface area contributed by atoms with Gasteiger partial charge in [-0.15, -0.1) is 0 Å². The lowest BCUT2D eigenvalue weighted by Crippen LogP contribution is -1.95. The lowest BCUT2D eigenvalue weighted by atomic mass is 10.1. The van der Waals surface area contributed by atoms with E-state index in [4.69, 9.17) is 11.3 Å². The highest BCUT2D eigenvalue weighted by Gasteiger charge is 2.11. The van der Waals surface area contributed by atoms with Crippen LogP contribution in [-0.2, 0) is 0 Å². The lowest BCUT2D eigenvalue weighted by Gasteiger charge is -2.14. The first-order chi connectivity index (χ1) is 10.7. The molecule has 22 heavy (non-hydrogen) atoms. The molecule has 0 saturated carbocycles. The molecular formula is C18H14N2O2. The van der Waals surface area contributed by atoms with Crippen LogP contribution in [0.5, 0.6) is 17.2 Å². The van der Waals surface area contributed by atoms with Crippen LogP contribution in [0.25, 0.3) is 10.5 Å². The molecule has 1 aromatic heterocycles. The molecule has 0 spiro atoms. The van der Waals surface area contributed by atoms with E-state index < -0.39 is 0 Å². The Kier molecular flexibility index (Phi) is 3.55. The van der Waals surface area contributed by atoms with Crippen LogP contribution in [-0.4, -0.2) is 9.67 Å². The maximum atomic E-state index is 10.1. The summed E-state index contributed by atoms with van der Waals surface area (Å²) in [5.74, 6) is 0.800. The van der Waals surface area contributed by atoms with Crippen molar-refractivity contribution in [2.45, 2.75) is 6.92 Å². The normalized spacial score (nSPS) is 10.2. The van der Waals surface area contributed by atoms with Gasteiger partial charge in [-0.05, 0) is 36.8 Å². The van der Waals surface area contributed by atoms with Crippen LogP contribution in [0.4, 0.5) is 5.69 Å². The predicted octanol–water partition coefficient (Wildman–Crippen LogP) is 4.83. The number of hydrogen-bond acceptors (Lipinski definition) is 2. The van der Waals surface area contributed by atoms with E-state index in [1.165, 1.54) is 0 Å². The number of rotatable bonds is 3. The number of nitrogens with zero attached hydrogens (tertiary/aromatic N) is 2. The van der Waals surface area contributed by atoms with Gasteiger partial charge in [0.25, 0.3) is 0 Å². The fourth-order valence-corrected chi connectivity index (χ4v) is 2.27. The van der Waals surface area contributed by atoms with E-state index in [-0.39, 0.29) is 5.75 Å². The SMILES string of the molecule is [C-]#[N+]c1ccccc1Oc1cc(-n2cccc2)c(C)cc1O. The Morgan fingerprint density at radius 2 is 1.77 bits per heavy atom. The molecule has 2 aromatic carbocycles. The minimum absolute atomic E-state index is 0.0492. The van der Waals surface area contributed by atoms with Crippen molar-refractivity contribution in [3.05, 3.63) is 77.9 Å². The van der Waals surface area contributed by atoms with Crippen molar-refractivity contribution in [1.29, 1.82) is 0 Å². The van der Waals surface area contributed by atoms with E-state index in [1.807, 2.05) is 36.0 Å². The van der Waals surface area contributed by atoms with E-state index in [0.717, 1.165) is 11.3 Å². The molecule has 4 heteroatoms. The molecule has 0 aliphatic rings. The van der Waals surface area contributed by atoms with Crippen LogP contribution in [0.2, 0.25) is 0 Å². The van der Waals surface area contributed by atoms with Crippen LogP contribution >= 0.6 is 0 Å². The number of hydrogen-bond donors (Lipinski definition) is 1. The Labute approximate surface area is 128 Å². The van der Waals surface area contributed by atoms with Crippen molar-refractivity contribution in [1.82, 2.24) is 4.57 Å². The number of benzene rings is 2. The minimum Gasteiger partial charge on any atom is -0.504 e. The summed E-state index contributed by atoms with van der Waals surface area (Å²) in [6.07, 6.45) is 3.85. The second kappa shape index (κ2) is 5.66. The van der Waals surface area contributed by atoms with E-state index in [9.17, 15) is 5.11 Å². The van der Waals surface area contributed by atoms with Crippen molar-refractivity contribution in [2.75, 3.05) is 0 Å². The fourth-order valence-electron chi connectivity index (χ4n) is 2.27. The highest BCUT2D eigenvalue weighted by atomic mass is 16.5. The van der Waals surface area contributed by atoms with Crippen LogP contribution in [0, 0.1) is 13.5 Å². The van der Waals surface area contributed by atoms with Gasteiger partial charge < -0.3 is 14.4 Å². The van der Waals surface area contributed by atoms with Gasteiger partial charge in [0.05, 0.1) is 12.3 Å². The maximum absolute atomic E-state index is 10.1. The van der Waals surface area contributed by atoms with Gasteiger partial charge in [0.1, 0.15) is 5.75 Å². The monoisotopic (exact) mass is 290 g/mol. The molecule has 3 aromatic rings. The summed E-state index contributed by atoms with van der Waals surface area (Å²) < 4.78 is 7.69. The number of aryl methyl sites for hydroxylation is 1. The van der Waals surface area contributed by atoms with Crippen molar-refractivity contribution >= 4 is 5.69 Å². The Bertz CT molecular complexity index is 846. The average molecular weight is 290 g/mol. The molecule has 0 radical (unpaired) electrons. The number of aromatic hydroxyl groups is 1. The molecule has 1 N–H and O–H groups in total. The third-order valence-electron chi connectivity index (χ3n) is 3.37. The topological polar surface area (TPSA) is 38.8 Å². The highest BCUT2D eigenvalue weighted by Crippen LogP contribution is 2.38. The number of aromatic nitrogens is 1. The first-order valence-corrected chi connectivity index (χ1v) is 6.80.